The Labute approximate surface area is 83.2 Å². The summed E-state index contributed by atoms with van der Waals surface area (Å²) >= 11 is 0. The van der Waals surface area contributed by atoms with Gasteiger partial charge in [0, 0.05) is 12.8 Å². The van der Waals surface area contributed by atoms with Crippen molar-refractivity contribution in [2.45, 2.75) is 44.6 Å². The molecule has 14 heavy (non-hydrogen) atoms. The summed E-state index contributed by atoms with van der Waals surface area (Å²) in [7, 11) is 0. The first-order chi connectivity index (χ1) is 6.70. The van der Waals surface area contributed by atoms with Gasteiger partial charge in [0.2, 0.25) is 0 Å². The predicted octanol–water partition coefficient (Wildman–Crippen LogP) is 1.38. The van der Waals surface area contributed by atoms with Crippen LogP contribution in [-0.2, 0) is 14.3 Å². The highest BCUT2D eigenvalue weighted by atomic mass is 16.5. The van der Waals surface area contributed by atoms with Crippen molar-refractivity contribution in [1.82, 2.24) is 0 Å². The minimum Gasteiger partial charge on any atom is -0.479 e. The van der Waals surface area contributed by atoms with Gasteiger partial charge >= 0.3 is 5.97 Å². The monoisotopic (exact) mass is 200 g/mol. The fourth-order valence-electron chi connectivity index (χ4n) is 1.55. The molecule has 1 heterocycles. The van der Waals surface area contributed by atoms with Gasteiger partial charge in [0.05, 0.1) is 6.61 Å². The third-order valence-electron chi connectivity index (χ3n) is 2.40. The first-order valence-corrected chi connectivity index (χ1v) is 5.06. The third kappa shape index (κ3) is 3.87. The van der Waals surface area contributed by atoms with Crippen molar-refractivity contribution in [2.75, 3.05) is 6.61 Å². The van der Waals surface area contributed by atoms with Crippen LogP contribution in [0, 0.1) is 0 Å². The Kier molecular flexibility index (Phi) is 4.59. The van der Waals surface area contributed by atoms with E-state index in [1.165, 1.54) is 0 Å². The van der Waals surface area contributed by atoms with Gasteiger partial charge in [-0.25, -0.2) is 4.79 Å². The van der Waals surface area contributed by atoms with Crippen LogP contribution in [0.15, 0.2) is 0 Å². The number of Topliss-reactive ketones (excluding diaryl/α,β-unsaturated/α-hetero) is 1. The molecule has 0 saturated carbocycles. The first-order valence-electron chi connectivity index (χ1n) is 5.06. The molecule has 0 aromatic heterocycles. The van der Waals surface area contributed by atoms with Gasteiger partial charge in [0.15, 0.2) is 6.10 Å². The normalized spacial score (nSPS) is 25.7. The van der Waals surface area contributed by atoms with Crippen molar-refractivity contribution in [3.63, 3.8) is 0 Å². The van der Waals surface area contributed by atoms with E-state index in [4.69, 9.17) is 9.84 Å². The van der Waals surface area contributed by atoms with Crippen LogP contribution in [0.4, 0.5) is 0 Å². The summed E-state index contributed by atoms with van der Waals surface area (Å²) in [6.45, 7) is 0.246. The van der Waals surface area contributed by atoms with Gasteiger partial charge in [-0.2, -0.15) is 0 Å². The molecule has 1 saturated heterocycles. The summed E-state index contributed by atoms with van der Waals surface area (Å²) in [4.78, 5) is 21.8. The van der Waals surface area contributed by atoms with Crippen molar-refractivity contribution in [2.24, 2.45) is 0 Å². The molecule has 1 N–H and O–H groups in total. The molecule has 1 aliphatic heterocycles. The molecule has 0 aromatic carbocycles. The van der Waals surface area contributed by atoms with Crippen LogP contribution in [0.25, 0.3) is 0 Å². The van der Waals surface area contributed by atoms with Crippen molar-refractivity contribution in [3.8, 4) is 0 Å². The lowest BCUT2D eigenvalue weighted by atomic mass is 10.0. The number of carboxylic acids is 1. The summed E-state index contributed by atoms with van der Waals surface area (Å²) in [5.74, 6) is -0.742. The Bertz CT molecular complexity index is 210. The number of rotatable bonds is 1. The summed E-state index contributed by atoms with van der Waals surface area (Å²) < 4.78 is 5.13. The quantitative estimate of drug-likeness (QED) is 0.694. The van der Waals surface area contributed by atoms with E-state index < -0.39 is 12.1 Å². The lowest BCUT2D eigenvalue weighted by molar-refractivity contribution is -0.151. The Hall–Kier alpha value is -0.900. The molecule has 0 amide bonds. The molecule has 1 fully saturated rings. The van der Waals surface area contributed by atoms with Gasteiger partial charge in [-0.05, 0) is 12.8 Å². The number of carboxylic acid groups (broad SMARTS) is 1. The maximum Gasteiger partial charge on any atom is 0.332 e. The van der Waals surface area contributed by atoms with E-state index in [1.807, 2.05) is 0 Å². The van der Waals surface area contributed by atoms with Gasteiger partial charge in [-0.15, -0.1) is 0 Å². The average molecular weight is 200 g/mol. The summed E-state index contributed by atoms with van der Waals surface area (Å²) in [6.07, 6.45) is 3.42. The molecule has 1 aliphatic rings. The van der Waals surface area contributed by atoms with E-state index in [1.54, 1.807) is 0 Å². The number of hydrogen-bond donors (Lipinski definition) is 1. The molecular weight excluding hydrogens is 184 g/mol. The molecule has 0 spiro atoms. The van der Waals surface area contributed by atoms with Crippen molar-refractivity contribution in [1.29, 1.82) is 0 Å². The standard InChI is InChI=1S/C10H16O4/c11-8-4-2-1-3-5-9(10(12)13)14-7-6-8/h9H,1-7H2,(H,12,13). The van der Waals surface area contributed by atoms with E-state index in [9.17, 15) is 9.59 Å². The molecule has 4 nitrogen and oxygen atoms in total. The van der Waals surface area contributed by atoms with Gasteiger partial charge in [-0.3, -0.25) is 4.79 Å². The Balaban J connectivity index is 2.41. The summed E-state index contributed by atoms with van der Waals surface area (Å²) in [5, 5.41) is 8.77. The first kappa shape index (κ1) is 11.2. The zero-order chi connectivity index (χ0) is 10.4. The fourth-order valence-corrected chi connectivity index (χ4v) is 1.55. The molecule has 0 radical (unpaired) electrons. The van der Waals surface area contributed by atoms with E-state index in [0.717, 1.165) is 19.3 Å². The summed E-state index contributed by atoms with van der Waals surface area (Å²) in [5.41, 5.74) is 0. The summed E-state index contributed by atoms with van der Waals surface area (Å²) in [6, 6.07) is 0. The molecular formula is C10H16O4. The van der Waals surface area contributed by atoms with Crippen LogP contribution in [0.1, 0.15) is 38.5 Å². The molecule has 1 rings (SSSR count). The van der Waals surface area contributed by atoms with Gasteiger partial charge < -0.3 is 9.84 Å². The second kappa shape index (κ2) is 5.75. The number of hydrogen-bond acceptors (Lipinski definition) is 3. The van der Waals surface area contributed by atoms with Gasteiger partial charge in [0.25, 0.3) is 0 Å². The Morgan fingerprint density at radius 2 is 2.07 bits per heavy atom. The highest BCUT2D eigenvalue weighted by Gasteiger charge is 2.18. The molecule has 4 heteroatoms. The van der Waals surface area contributed by atoms with Gasteiger partial charge in [-0.1, -0.05) is 12.8 Å². The Morgan fingerprint density at radius 1 is 1.29 bits per heavy atom. The predicted molar refractivity (Wildman–Crippen MR) is 50.1 cm³/mol. The maximum absolute atomic E-state index is 11.1. The van der Waals surface area contributed by atoms with Crippen molar-refractivity contribution >= 4 is 11.8 Å². The topological polar surface area (TPSA) is 63.6 Å². The average Bonchev–Trinajstić information content (AvgIpc) is 2.15. The zero-order valence-corrected chi connectivity index (χ0v) is 8.20. The van der Waals surface area contributed by atoms with E-state index in [0.29, 0.717) is 19.3 Å². The molecule has 0 bridgehead atoms. The molecule has 80 valence electrons. The highest BCUT2D eigenvalue weighted by Crippen LogP contribution is 2.12. The molecule has 1 unspecified atom stereocenters. The molecule has 0 aliphatic carbocycles. The largest absolute Gasteiger partial charge is 0.479 e. The van der Waals surface area contributed by atoms with E-state index in [2.05, 4.69) is 0 Å². The van der Waals surface area contributed by atoms with E-state index >= 15 is 0 Å². The van der Waals surface area contributed by atoms with Crippen LogP contribution in [-0.4, -0.2) is 29.6 Å². The zero-order valence-electron chi connectivity index (χ0n) is 8.20. The van der Waals surface area contributed by atoms with Crippen LogP contribution < -0.4 is 0 Å². The van der Waals surface area contributed by atoms with Crippen LogP contribution in [0.2, 0.25) is 0 Å². The molecule has 0 aromatic rings. The number of aliphatic carboxylic acids is 1. The van der Waals surface area contributed by atoms with Crippen LogP contribution in [0.3, 0.4) is 0 Å². The minimum atomic E-state index is -0.918. The third-order valence-corrected chi connectivity index (χ3v) is 2.40. The Morgan fingerprint density at radius 3 is 2.79 bits per heavy atom. The van der Waals surface area contributed by atoms with Crippen molar-refractivity contribution in [3.05, 3.63) is 0 Å². The lowest BCUT2D eigenvalue weighted by Crippen LogP contribution is -2.25. The number of carbonyl (C=O) groups excluding carboxylic acids is 1. The molecule has 1 atom stereocenters. The van der Waals surface area contributed by atoms with Gasteiger partial charge in [0.1, 0.15) is 5.78 Å². The fraction of sp³-hybridized carbons (Fsp3) is 0.800. The number of carbonyl (C=O) groups is 2. The maximum atomic E-state index is 11.1. The lowest BCUT2D eigenvalue weighted by Gasteiger charge is -2.14. The minimum absolute atomic E-state index is 0.177. The van der Waals surface area contributed by atoms with Crippen LogP contribution in [0.5, 0.6) is 0 Å². The second-order valence-electron chi connectivity index (χ2n) is 3.59. The second-order valence-corrected chi connectivity index (χ2v) is 3.59. The van der Waals surface area contributed by atoms with Crippen LogP contribution >= 0.6 is 0 Å². The SMILES string of the molecule is O=C1CCCCCC(C(=O)O)OCC1. The highest BCUT2D eigenvalue weighted by molar-refractivity contribution is 5.78. The number of ether oxygens (including phenoxy) is 1. The number of ketones is 1. The van der Waals surface area contributed by atoms with Crippen molar-refractivity contribution < 1.29 is 19.4 Å². The smallest absolute Gasteiger partial charge is 0.332 e. The van der Waals surface area contributed by atoms with E-state index in [-0.39, 0.29) is 12.4 Å².